The molecule has 1 saturated heterocycles. The highest BCUT2D eigenvalue weighted by Crippen LogP contribution is 2.36. The van der Waals surface area contributed by atoms with E-state index in [1.807, 2.05) is 17.4 Å². The lowest BCUT2D eigenvalue weighted by molar-refractivity contribution is 0.0997. The third-order valence-electron chi connectivity index (χ3n) is 6.58. The zero-order valence-corrected chi connectivity index (χ0v) is 22.3. The van der Waals surface area contributed by atoms with Crippen LogP contribution < -0.4 is 10.5 Å². The monoisotopic (exact) mass is 540 g/mol. The molecule has 0 aliphatic carbocycles. The van der Waals surface area contributed by atoms with E-state index in [0.29, 0.717) is 21.2 Å². The summed E-state index contributed by atoms with van der Waals surface area (Å²) in [5.74, 6) is -0.455. The molecule has 0 unspecified atom stereocenters. The van der Waals surface area contributed by atoms with Gasteiger partial charge in [-0.15, -0.1) is 11.3 Å². The minimum atomic E-state index is -0.614. The van der Waals surface area contributed by atoms with Crippen LogP contribution in [0, 0.1) is 0 Å². The minimum Gasteiger partial charge on any atom is -0.469 e. The van der Waals surface area contributed by atoms with Crippen LogP contribution in [-0.2, 0) is 13.2 Å². The van der Waals surface area contributed by atoms with E-state index in [9.17, 15) is 9.90 Å². The molecule has 11 heteroatoms. The first-order chi connectivity index (χ1) is 17.8. The van der Waals surface area contributed by atoms with Gasteiger partial charge in [-0.1, -0.05) is 29.8 Å². The van der Waals surface area contributed by atoms with Crippen molar-refractivity contribution in [1.29, 1.82) is 0 Å². The summed E-state index contributed by atoms with van der Waals surface area (Å²) in [4.78, 5) is 26.4. The van der Waals surface area contributed by atoms with Crippen LogP contribution in [-0.4, -0.2) is 68.4 Å². The van der Waals surface area contributed by atoms with E-state index in [-0.39, 0.29) is 17.4 Å². The van der Waals surface area contributed by atoms with Crippen molar-refractivity contribution in [2.45, 2.75) is 26.2 Å². The number of halogens is 1. The van der Waals surface area contributed by atoms with E-state index < -0.39 is 12.0 Å². The number of nitrogens with two attached hydrogens (primary N) is 1. The predicted molar refractivity (Wildman–Crippen MR) is 144 cm³/mol. The number of fused-ring (bicyclic) bond motifs is 1. The molecule has 3 aromatic heterocycles. The van der Waals surface area contributed by atoms with Gasteiger partial charge in [-0.05, 0) is 37.2 Å². The SMILES string of the molecule is C[C@@H](Oc1nc(-c2cnc3ccc(CN4CCN(C)CC4)cn23)sc1C(N)=O)c1ccc(CO)cc1Cl. The number of piperazine rings is 1. The fraction of sp³-hybridized carbons (Fsp3) is 0.346. The third-order valence-corrected chi connectivity index (χ3v) is 7.98. The molecule has 5 rings (SSSR count). The van der Waals surface area contributed by atoms with Gasteiger partial charge in [0.05, 0.1) is 12.8 Å². The number of aliphatic hydroxyl groups excluding tert-OH is 1. The van der Waals surface area contributed by atoms with Crippen LogP contribution in [0.5, 0.6) is 5.88 Å². The summed E-state index contributed by atoms with van der Waals surface area (Å²) in [6.07, 6.45) is 3.33. The van der Waals surface area contributed by atoms with Crippen LogP contribution in [0.25, 0.3) is 16.3 Å². The summed E-state index contributed by atoms with van der Waals surface area (Å²) >= 11 is 7.57. The second-order valence-electron chi connectivity index (χ2n) is 9.28. The van der Waals surface area contributed by atoms with E-state index in [1.165, 1.54) is 16.9 Å². The Morgan fingerprint density at radius 2 is 1.97 bits per heavy atom. The molecule has 4 aromatic rings. The lowest BCUT2D eigenvalue weighted by Crippen LogP contribution is -2.43. The van der Waals surface area contributed by atoms with Crippen LogP contribution in [0.1, 0.15) is 39.4 Å². The number of hydrogen-bond acceptors (Lipinski definition) is 8. The van der Waals surface area contributed by atoms with Crippen molar-refractivity contribution in [3.63, 3.8) is 0 Å². The highest BCUT2D eigenvalue weighted by molar-refractivity contribution is 7.17. The summed E-state index contributed by atoms with van der Waals surface area (Å²) in [7, 11) is 2.15. The number of aliphatic hydroxyl groups is 1. The molecule has 1 aliphatic rings. The predicted octanol–water partition coefficient (Wildman–Crippen LogP) is 3.59. The molecular weight excluding hydrogens is 512 g/mol. The van der Waals surface area contributed by atoms with Crippen molar-refractivity contribution < 1.29 is 14.6 Å². The molecule has 1 fully saturated rings. The minimum absolute atomic E-state index is 0.104. The van der Waals surface area contributed by atoms with Crippen molar-refractivity contribution in [1.82, 2.24) is 24.2 Å². The van der Waals surface area contributed by atoms with Crippen molar-refractivity contribution >= 4 is 34.5 Å². The Labute approximate surface area is 224 Å². The van der Waals surface area contributed by atoms with Gasteiger partial charge >= 0.3 is 0 Å². The lowest BCUT2D eigenvalue weighted by atomic mass is 10.1. The number of pyridine rings is 1. The molecule has 9 nitrogen and oxygen atoms in total. The van der Waals surface area contributed by atoms with Gasteiger partial charge in [0.15, 0.2) is 4.88 Å². The first-order valence-corrected chi connectivity index (χ1v) is 13.3. The summed E-state index contributed by atoms with van der Waals surface area (Å²) < 4.78 is 8.07. The number of amides is 1. The fourth-order valence-electron chi connectivity index (χ4n) is 4.42. The molecule has 0 spiro atoms. The number of carbonyl (C=O) groups is 1. The van der Waals surface area contributed by atoms with E-state index >= 15 is 0 Å². The van der Waals surface area contributed by atoms with Crippen molar-refractivity contribution in [2.24, 2.45) is 5.73 Å². The van der Waals surface area contributed by atoms with Crippen LogP contribution in [0.3, 0.4) is 0 Å². The second-order valence-corrected chi connectivity index (χ2v) is 10.7. The molecule has 3 N–H and O–H groups in total. The molecule has 0 bridgehead atoms. The third kappa shape index (κ3) is 5.48. The number of benzene rings is 1. The average molecular weight is 541 g/mol. The Morgan fingerprint density at radius 1 is 1.22 bits per heavy atom. The Balaban J connectivity index is 1.42. The molecule has 0 saturated carbocycles. The number of likely N-dealkylation sites (N-methyl/N-ethyl adjacent to an activating group) is 1. The van der Waals surface area contributed by atoms with Crippen LogP contribution in [0.4, 0.5) is 0 Å². The largest absolute Gasteiger partial charge is 0.469 e. The number of carbonyl (C=O) groups excluding carboxylic acids is 1. The first kappa shape index (κ1) is 25.6. The lowest BCUT2D eigenvalue weighted by Gasteiger charge is -2.32. The van der Waals surface area contributed by atoms with Crippen molar-refractivity contribution in [2.75, 3.05) is 33.2 Å². The van der Waals surface area contributed by atoms with Gasteiger partial charge in [0.1, 0.15) is 22.5 Å². The van der Waals surface area contributed by atoms with Crippen molar-refractivity contribution in [3.05, 3.63) is 69.3 Å². The Bertz CT molecular complexity index is 1430. The Kier molecular flexibility index (Phi) is 7.45. The van der Waals surface area contributed by atoms with Gasteiger partial charge in [-0.25, -0.2) is 4.98 Å². The first-order valence-electron chi connectivity index (χ1n) is 12.1. The van der Waals surface area contributed by atoms with Gasteiger partial charge in [0, 0.05) is 49.5 Å². The fourth-order valence-corrected chi connectivity index (χ4v) is 5.64. The number of thiazole rings is 1. The maximum Gasteiger partial charge on any atom is 0.264 e. The van der Waals surface area contributed by atoms with Crippen molar-refractivity contribution in [3.8, 4) is 16.6 Å². The topological polar surface area (TPSA) is 109 Å². The van der Waals surface area contributed by atoms with E-state index in [4.69, 9.17) is 22.1 Å². The molecule has 1 amide bonds. The smallest absolute Gasteiger partial charge is 0.264 e. The number of imidazole rings is 1. The highest BCUT2D eigenvalue weighted by atomic mass is 35.5. The number of primary amides is 1. The maximum atomic E-state index is 12.3. The second kappa shape index (κ2) is 10.8. The number of hydrogen-bond donors (Lipinski definition) is 2. The molecule has 0 radical (unpaired) electrons. The Morgan fingerprint density at radius 3 is 2.68 bits per heavy atom. The number of aromatic nitrogens is 3. The van der Waals surface area contributed by atoms with Gasteiger partial charge in [0.25, 0.3) is 5.91 Å². The zero-order chi connectivity index (χ0) is 26.1. The van der Waals surface area contributed by atoms with Crippen LogP contribution >= 0.6 is 22.9 Å². The summed E-state index contributed by atoms with van der Waals surface area (Å²) in [6, 6.07) is 9.36. The Hall–Kier alpha value is -3.02. The molecular formula is C26H29ClN6O3S. The number of nitrogens with zero attached hydrogens (tertiary/aromatic N) is 5. The molecule has 4 heterocycles. The van der Waals surface area contributed by atoms with E-state index in [0.717, 1.165) is 44.1 Å². The van der Waals surface area contributed by atoms with E-state index in [2.05, 4.69) is 39.1 Å². The number of ether oxygens (including phenoxy) is 1. The average Bonchev–Trinajstić information content (AvgIpc) is 3.49. The van der Waals surface area contributed by atoms with E-state index in [1.54, 1.807) is 24.4 Å². The molecule has 1 atom stereocenters. The normalized spacial score (nSPS) is 15.8. The standard InChI is InChI=1S/C26H29ClN6O3S/c1-16(19-5-3-17(15-34)11-20(19)27)36-25-23(24(28)35)37-26(30-25)21-12-29-22-6-4-18(14-33(21)22)13-32-9-7-31(2)8-10-32/h3-6,11-12,14,16,34H,7-10,13,15H2,1-2H3,(H2,28,35)/t16-/m1/s1. The quantitative estimate of drug-likeness (QED) is 0.351. The summed E-state index contributed by atoms with van der Waals surface area (Å²) in [6.45, 7) is 6.76. The summed E-state index contributed by atoms with van der Waals surface area (Å²) in [5.41, 5.74) is 9.82. The van der Waals surface area contributed by atoms with Gasteiger partial charge < -0.3 is 20.5 Å². The van der Waals surface area contributed by atoms with Gasteiger partial charge in [-0.3, -0.25) is 14.1 Å². The molecule has 1 aromatic carbocycles. The van der Waals surface area contributed by atoms with Gasteiger partial charge in [0.2, 0.25) is 5.88 Å². The van der Waals surface area contributed by atoms with Crippen LogP contribution in [0.15, 0.2) is 42.7 Å². The molecule has 194 valence electrons. The summed E-state index contributed by atoms with van der Waals surface area (Å²) in [5, 5.41) is 10.4. The molecule has 1 aliphatic heterocycles. The highest BCUT2D eigenvalue weighted by Gasteiger charge is 2.23. The molecule has 37 heavy (non-hydrogen) atoms. The maximum absolute atomic E-state index is 12.3. The van der Waals surface area contributed by atoms with Crippen LogP contribution in [0.2, 0.25) is 5.02 Å². The zero-order valence-electron chi connectivity index (χ0n) is 20.7. The number of rotatable bonds is 8. The van der Waals surface area contributed by atoms with Gasteiger partial charge in [-0.2, -0.15) is 4.98 Å².